The highest BCUT2D eigenvalue weighted by atomic mass is 32.2. The van der Waals surface area contributed by atoms with E-state index >= 15 is 0 Å². The van der Waals surface area contributed by atoms with E-state index in [1.54, 1.807) is 41.8 Å². The summed E-state index contributed by atoms with van der Waals surface area (Å²) >= 11 is 1.19. The van der Waals surface area contributed by atoms with E-state index in [0.29, 0.717) is 28.5 Å². The van der Waals surface area contributed by atoms with Crippen LogP contribution in [0, 0.1) is 0 Å². The van der Waals surface area contributed by atoms with Crippen molar-refractivity contribution in [2.45, 2.75) is 42.9 Å². The molecule has 0 bridgehead atoms. The van der Waals surface area contributed by atoms with Crippen LogP contribution < -0.4 is 10.6 Å². The number of amides is 2. The number of sulfonamides is 1. The number of nitrogens with zero attached hydrogens (tertiary/aromatic N) is 1. The molecule has 1 aromatic heterocycles. The lowest BCUT2D eigenvalue weighted by molar-refractivity contribution is -0.117. The summed E-state index contributed by atoms with van der Waals surface area (Å²) in [6, 6.07) is 9.80. The van der Waals surface area contributed by atoms with E-state index in [0.717, 1.165) is 12.8 Å². The molecular formula is C19H23N3O4S2. The first kappa shape index (κ1) is 20.5. The highest BCUT2D eigenvalue weighted by Gasteiger charge is 2.35. The van der Waals surface area contributed by atoms with Crippen molar-refractivity contribution in [3.8, 4) is 0 Å². The molecule has 28 heavy (non-hydrogen) atoms. The molecule has 0 radical (unpaired) electrons. The molecular weight excluding hydrogens is 398 g/mol. The van der Waals surface area contributed by atoms with Crippen LogP contribution in [0.15, 0.2) is 46.0 Å². The average molecular weight is 422 g/mol. The van der Waals surface area contributed by atoms with Crippen LogP contribution in [0.3, 0.4) is 0 Å². The summed E-state index contributed by atoms with van der Waals surface area (Å²) in [6.07, 6.45) is 2.44. The van der Waals surface area contributed by atoms with E-state index in [1.165, 1.54) is 22.6 Å². The summed E-state index contributed by atoms with van der Waals surface area (Å²) in [5.74, 6) is -0.446. The zero-order valence-corrected chi connectivity index (χ0v) is 17.2. The number of rotatable bonds is 6. The maximum Gasteiger partial charge on any atom is 0.252 e. The first-order chi connectivity index (χ1) is 13.4. The fourth-order valence-corrected chi connectivity index (χ4v) is 6.14. The van der Waals surface area contributed by atoms with Gasteiger partial charge in [-0.25, -0.2) is 8.42 Å². The molecule has 3 rings (SSSR count). The lowest BCUT2D eigenvalue weighted by Gasteiger charge is -2.34. The number of carbonyl (C=O) groups excluding carboxylic acids is 2. The molecule has 1 aliphatic heterocycles. The van der Waals surface area contributed by atoms with Crippen LogP contribution in [-0.2, 0) is 19.6 Å². The Bertz CT molecular complexity index is 942. The minimum atomic E-state index is -3.58. The van der Waals surface area contributed by atoms with Crippen LogP contribution in [0.1, 0.15) is 32.6 Å². The van der Waals surface area contributed by atoms with E-state index in [1.807, 2.05) is 0 Å². The molecule has 9 heteroatoms. The van der Waals surface area contributed by atoms with Crippen LogP contribution in [-0.4, -0.2) is 37.1 Å². The Morgan fingerprint density at radius 2 is 1.89 bits per heavy atom. The maximum atomic E-state index is 12.9. The number of piperidine rings is 1. The Labute approximate surface area is 168 Å². The number of benzene rings is 1. The third-order valence-electron chi connectivity index (χ3n) is 4.52. The molecule has 1 atom stereocenters. The van der Waals surface area contributed by atoms with Crippen molar-refractivity contribution in [1.29, 1.82) is 0 Å². The predicted octanol–water partition coefficient (Wildman–Crippen LogP) is 3.28. The summed E-state index contributed by atoms with van der Waals surface area (Å²) in [7, 11) is -3.58. The van der Waals surface area contributed by atoms with Gasteiger partial charge in [0.2, 0.25) is 11.8 Å². The Morgan fingerprint density at radius 3 is 2.57 bits per heavy atom. The van der Waals surface area contributed by atoms with Crippen LogP contribution in [0.2, 0.25) is 0 Å². The van der Waals surface area contributed by atoms with Gasteiger partial charge in [0.1, 0.15) is 4.21 Å². The zero-order chi connectivity index (χ0) is 20.1. The highest BCUT2D eigenvalue weighted by Crippen LogP contribution is 2.29. The van der Waals surface area contributed by atoms with Gasteiger partial charge in [-0.1, -0.05) is 18.6 Å². The Morgan fingerprint density at radius 1 is 1.14 bits per heavy atom. The van der Waals surface area contributed by atoms with Gasteiger partial charge in [-0.05, 0) is 42.5 Å². The highest BCUT2D eigenvalue weighted by molar-refractivity contribution is 7.91. The van der Waals surface area contributed by atoms with Gasteiger partial charge in [0, 0.05) is 37.3 Å². The Balaban J connectivity index is 1.69. The molecule has 2 heterocycles. The Hall–Kier alpha value is -2.23. The second kappa shape index (κ2) is 8.85. The molecule has 0 saturated carbocycles. The summed E-state index contributed by atoms with van der Waals surface area (Å²) < 4.78 is 27.6. The third-order valence-corrected chi connectivity index (χ3v) is 7.84. The van der Waals surface area contributed by atoms with Crippen LogP contribution in [0.5, 0.6) is 0 Å². The van der Waals surface area contributed by atoms with Gasteiger partial charge >= 0.3 is 0 Å². The van der Waals surface area contributed by atoms with Gasteiger partial charge < -0.3 is 10.6 Å². The van der Waals surface area contributed by atoms with Crippen molar-refractivity contribution < 1.29 is 18.0 Å². The molecule has 1 saturated heterocycles. The van der Waals surface area contributed by atoms with Crippen molar-refractivity contribution in [2.75, 3.05) is 17.2 Å². The zero-order valence-electron chi connectivity index (χ0n) is 15.6. The van der Waals surface area contributed by atoms with Crippen LogP contribution in [0.25, 0.3) is 0 Å². The maximum absolute atomic E-state index is 12.9. The standard InChI is InChI=1S/C19H23N3O4S2/c1-14(23)20-15-6-4-7-16(12-15)21-18(24)13-17-8-2-3-10-22(17)28(25,26)19-9-5-11-27-19/h4-7,9,11-12,17H,2-3,8,10,13H2,1H3,(H,20,23)(H,21,24)/t17-/m0/s1. The van der Waals surface area contributed by atoms with E-state index in [9.17, 15) is 18.0 Å². The SMILES string of the molecule is CC(=O)Nc1cccc(NC(=O)C[C@@H]2CCCCN2S(=O)(=O)c2cccs2)c1. The van der Waals surface area contributed by atoms with Gasteiger partial charge in [0.05, 0.1) is 0 Å². The largest absolute Gasteiger partial charge is 0.326 e. The molecule has 2 amide bonds. The fraction of sp³-hybridized carbons (Fsp3) is 0.368. The minimum Gasteiger partial charge on any atom is -0.326 e. The normalized spacial score (nSPS) is 17.8. The average Bonchev–Trinajstić information content (AvgIpc) is 3.17. The van der Waals surface area contributed by atoms with E-state index < -0.39 is 10.0 Å². The predicted molar refractivity (Wildman–Crippen MR) is 110 cm³/mol. The lowest BCUT2D eigenvalue weighted by atomic mass is 10.0. The second-order valence-electron chi connectivity index (χ2n) is 6.71. The summed E-state index contributed by atoms with van der Waals surface area (Å²) in [5.41, 5.74) is 1.14. The van der Waals surface area contributed by atoms with Gasteiger partial charge in [-0.15, -0.1) is 11.3 Å². The van der Waals surface area contributed by atoms with Crippen molar-refractivity contribution in [1.82, 2.24) is 4.31 Å². The smallest absolute Gasteiger partial charge is 0.252 e. The van der Waals surface area contributed by atoms with Crippen LogP contribution in [0.4, 0.5) is 11.4 Å². The first-order valence-electron chi connectivity index (χ1n) is 9.09. The summed E-state index contributed by atoms with van der Waals surface area (Å²) in [5, 5.41) is 7.20. The Kier molecular flexibility index (Phi) is 6.48. The quantitative estimate of drug-likeness (QED) is 0.748. The first-order valence-corrected chi connectivity index (χ1v) is 11.4. The monoisotopic (exact) mass is 421 g/mol. The second-order valence-corrected chi connectivity index (χ2v) is 9.78. The van der Waals surface area contributed by atoms with Gasteiger partial charge in [0.15, 0.2) is 0 Å². The van der Waals surface area contributed by atoms with Gasteiger partial charge in [-0.3, -0.25) is 9.59 Å². The molecule has 0 unspecified atom stereocenters. The molecule has 1 aromatic carbocycles. The molecule has 2 aromatic rings. The molecule has 150 valence electrons. The van der Waals surface area contributed by atoms with Crippen LogP contribution >= 0.6 is 11.3 Å². The van der Waals surface area contributed by atoms with E-state index in [-0.39, 0.29) is 24.3 Å². The van der Waals surface area contributed by atoms with E-state index in [4.69, 9.17) is 0 Å². The van der Waals surface area contributed by atoms with Crippen molar-refractivity contribution in [3.05, 3.63) is 41.8 Å². The molecule has 0 aliphatic carbocycles. The summed E-state index contributed by atoms with van der Waals surface area (Å²) in [4.78, 5) is 23.7. The van der Waals surface area contributed by atoms with Crippen molar-refractivity contribution >= 4 is 44.5 Å². The number of hydrogen-bond donors (Lipinski definition) is 2. The topological polar surface area (TPSA) is 95.6 Å². The fourth-order valence-electron chi connectivity index (χ4n) is 3.32. The molecule has 1 aliphatic rings. The number of carbonyl (C=O) groups is 2. The number of hydrogen-bond acceptors (Lipinski definition) is 5. The molecule has 7 nitrogen and oxygen atoms in total. The third kappa shape index (κ3) is 4.98. The lowest BCUT2D eigenvalue weighted by Crippen LogP contribution is -2.45. The molecule has 2 N–H and O–H groups in total. The number of nitrogens with one attached hydrogen (secondary N) is 2. The van der Waals surface area contributed by atoms with Gasteiger partial charge in [0.25, 0.3) is 10.0 Å². The molecule has 1 fully saturated rings. The van der Waals surface area contributed by atoms with E-state index in [2.05, 4.69) is 10.6 Å². The van der Waals surface area contributed by atoms with Gasteiger partial charge in [-0.2, -0.15) is 4.31 Å². The van der Waals surface area contributed by atoms with Crippen molar-refractivity contribution in [2.24, 2.45) is 0 Å². The minimum absolute atomic E-state index is 0.0922. The van der Waals surface area contributed by atoms with Crippen molar-refractivity contribution in [3.63, 3.8) is 0 Å². The number of anilines is 2. The molecule has 0 spiro atoms. The summed E-state index contributed by atoms with van der Waals surface area (Å²) in [6.45, 7) is 1.84. The number of thiophene rings is 1.